The number of rotatable bonds is 7. The first-order valence-corrected chi connectivity index (χ1v) is 9.83. The third-order valence-electron chi connectivity index (χ3n) is 4.29. The van der Waals surface area contributed by atoms with Crippen LogP contribution in [0.5, 0.6) is 5.75 Å². The van der Waals surface area contributed by atoms with Gasteiger partial charge in [-0.15, -0.1) is 16.9 Å². The molecule has 3 aromatic rings. The van der Waals surface area contributed by atoms with Crippen molar-refractivity contribution in [1.82, 2.24) is 19.9 Å². The number of carbonyl (C=O) groups is 1. The lowest BCUT2D eigenvalue weighted by atomic mass is 10.2. The molecular formula is C19H20N4O3S. The Morgan fingerprint density at radius 2 is 2.15 bits per heavy atom. The lowest BCUT2D eigenvalue weighted by Gasteiger charge is -2.20. The molecule has 1 saturated heterocycles. The highest BCUT2D eigenvalue weighted by atomic mass is 32.2. The molecule has 0 radical (unpaired) electrons. The second kappa shape index (κ2) is 7.87. The maximum absolute atomic E-state index is 12.3. The van der Waals surface area contributed by atoms with Crippen molar-refractivity contribution in [3.8, 4) is 5.75 Å². The Labute approximate surface area is 161 Å². The van der Waals surface area contributed by atoms with Gasteiger partial charge in [0.25, 0.3) is 0 Å². The van der Waals surface area contributed by atoms with Crippen LogP contribution in [0.2, 0.25) is 0 Å². The van der Waals surface area contributed by atoms with Crippen molar-refractivity contribution in [1.29, 1.82) is 0 Å². The van der Waals surface area contributed by atoms with Gasteiger partial charge in [0.05, 0.1) is 37.9 Å². The molecule has 0 spiro atoms. The Morgan fingerprint density at radius 3 is 2.96 bits per heavy atom. The SMILES string of the molecule is CCOc1ccccc1Cn1cc([C@H]2SCC(=O)N2Cc2ccco2)nn1. The minimum Gasteiger partial charge on any atom is -0.494 e. The summed E-state index contributed by atoms with van der Waals surface area (Å²) in [5.74, 6) is 2.12. The minimum atomic E-state index is -0.154. The number of thioether (sulfide) groups is 1. The number of aromatic nitrogens is 3. The molecular weight excluding hydrogens is 364 g/mol. The number of hydrogen-bond acceptors (Lipinski definition) is 6. The standard InChI is InChI=1S/C19H20N4O3S/c1-2-25-17-8-4-3-6-14(17)10-22-12-16(20-21-22)19-23(18(24)13-27-19)11-15-7-5-9-26-15/h3-9,12,19H,2,10-11,13H2,1H3/t19-/m1/s1. The predicted molar refractivity (Wildman–Crippen MR) is 101 cm³/mol. The monoisotopic (exact) mass is 384 g/mol. The highest BCUT2D eigenvalue weighted by Crippen LogP contribution is 2.38. The van der Waals surface area contributed by atoms with E-state index in [0.717, 1.165) is 22.8 Å². The number of furan rings is 1. The molecule has 0 aliphatic carbocycles. The van der Waals surface area contributed by atoms with Gasteiger partial charge >= 0.3 is 0 Å². The van der Waals surface area contributed by atoms with E-state index in [2.05, 4.69) is 10.3 Å². The third kappa shape index (κ3) is 3.85. The molecule has 0 unspecified atom stereocenters. The molecule has 1 atom stereocenters. The summed E-state index contributed by atoms with van der Waals surface area (Å²) in [6.45, 7) is 3.57. The first-order valence-electron chi connectivity index (χ1n) is 8.79. The van der Waals surface area contributed by atoms with E-state index < -0.39 is 0 Å². The normalized spacial score (nSPS) is 16.9. The smallest absolute Gasteiger partial charge is 0.234 e. The number of para-hydroxylation sites is 1. The summed E-state index contributed by atoms with van der Waals surface area (Å²) in [5, 5.41) is 8.41. The Morgan fingerprint density at radius 1 is 1.26 bits per heavy atom. The van der Waals surface area contributed by atoms with Gasteiger partial charge in [0.1, 0.15) is 22.6 Å². The summed E-state index contributed by atoms with van der Waals surface area (Å²) in [6, 6.07) is 11.6. The first-order chi connectivity index (χ1) is 13.2. The molecule has 27 heavy (non-hydrogen) atoms. The largest absolute Gasteiger partial charge is 0.494 e. The van der Waals surface area contributed by atoms with Gasteiger partial charge in [0, 0.05) is 5.56 Å². The second-order valence-electron chi connectivity index (χ2n) is 6.15. The van der Waals surface area contributed by atoms with Crippen LogP contribution >= 0.6 is 11.8 Å². The third-order valence-corrected chi connectivity index (χ3v) is 5.51. The maximum atomic E-state index is 12.3. The van der Waals surface area contributed by atoms with Gasteiger partial charge in [-0.2, -0.15) is 0 Å². The highest BCUT2D eigenvalue weighted by molar-refractivity contribution is 8.00. The zero-order valence-electron chi connectivity index (χ0n) is 14.9. The average molecular weight is 384 g/mol. The summed E-state index contributed by atoms with van der Waals surface area (Å²) in [5.41, 5.74) is 1.81. The van der Waals surface area contributed by atoms with Crippen molar-refractivity contribution in [3.63, 3.8) is 0 Å². The van der Waals surface area contributed by atoms with E-state index in [9.17, 15) is 4.79 Å². The number of carbonyl (C=O) groups excluding carboxylic acids is 1. The van der Waals surface area contributed by atoms with Crippen LogP contribution in [0.3, 0.4) is 0 Å². The molecule has 7 nitrogen and oxygen atoms in total. The molecule has 1 aliphatic heterocycles. The van der Waals surface area contributed by atoms with E-state index >= 15 is 0 Å². The lowest BCUT2D eigenvalue weighted by molar-refractivity contribution is -0.128. The van der Waals surface area contributed by atoms with E-state index in [1.807, 2.05) is 49.5 Å². The van der Waals surface area contributed by atoms with Gasteiger partial charge in [-0.25, -0.2) is 4.68 Å². The van der Waals surface area contributed by atoms with Crippen molar-refractivity contribution < 1.29 is 13.9 Å². The Bertz CT molecular complexity index is 909. The predicted octanol–water partition coefficient (Wildman–Crippen LogP) is 3.09. The van der Waals surface area contributed by atoms with Crippen molar-refractivity contribution in [2.24, 2.45) is 0 Å². The van der Waals surface area contributed by atoms with E-state index in [4.69, 9.17) is 9.15 Å². The van der Waals surface area contributed by atoms with Crippen molar-refractivity contribution in [3.05, 3.63) is 65.9 Å². The number of amides is 1. The van der Waals surface area contributed by atoms with Crippen LogP contribution in [0.25, 0.3) is 0 Å². The van der Waals surface area contributed by atoms with Crippen molar-refractivity contribution in [2.75, 3.05) is 12.4 Å². The van der Waals surface area contributed by atoms with E-state index in [-0.39, 0.29) is 11.3 Å². The molecule has 1 amide bonds. The summed E-state index contributed by atoms with van der Waals surface area (Å²) < 4.78 is 12.8. The Hall–Kier alpha value is -2.74. The van der Waals surface area contributed by atoms with Crippen molar-refractivity contribution >= 4 is 17.7 Å². The fraction of sp³-hybridized carbons (Fsp3) is 0.316. The lowest BCUT2D eigenvalue weighted by Crippen LogP contribution is -2.27. The number of ether oxygens (including phenoxy) is 1. The minimum absolute atomic E-state index is 0.0811. The summed E-state index contributed by atoms with van der Waals surface area (Å²) >= 11 is 1.56. The van der Waals surface area contributed by atoms with Gasteiger partial charge in [-0.05, 0) is 25.1 Å². The highest BCUT2D eigenvalue weighted by Gasteiger charge is 2.35. The summed E-state index contributed by atoms with van der Waals surface area (Å²) in [6.07, 6.45) is 3.51. The fourth-order valence-corrected chi connectivity index (χ4v) is 4.17. The molecule has 0 saturated carbocycles. The first kappa shape index (κ1) is 17.7. The van der Waals surface area contributed by atoms with Gasteiger partial charge in [-0.1, -0.05) is 23.4 Å². The zero-order valence-corrected chi connectivity index (χ0v) is 15.8. The molecule has 1 aromatic carbocycles. The van der Waals surface area contributed by atoms with Gasteiger partial charge in [0.2, 0.25) is 5.91 Å². The summed E-state index contributed by atoms with van der Waals surface area (Å²) in [7, 11) is 0. The number of hydrogen-bond donors (Lipinski definition) is 0. The summed E-state index contributed by atoms with van der Waals surface area (Å²) in [4.78, 5) is 14.1. The van der Waals surface area contributed by atoms with E-state index in [1.165, 1.54) is 0 Å². The van der Waals surface area contributed by atoms with E-state index in [1.54, 1.807) is 27.6 Å². The molecule has 0 bridgehead atoms. The maximum Gasteiger partial charge on any atom is 0.234 e. The topological polar surface area (TPSA) is 73.4 Å². The number of benzene rings is 1. The molecule has 1 fully saturated rings. The second-order valence-corrected chi connectivity index (χ2v) is 7.21. The molecule has 1 aliphatic rings. The quantitative estimate of drug-likeness (QED) is 0.623. The van der Waals surface area contributed by atoms with Crippen LogP contribution < -0.4 is 4.74 Å². The van der Waals surface area contributed by atoms with Crippen LogP contribution in [-0.4, -0.2) is 38.2 Å². The van der Waals surface area contributed by atoms with Crippen molar-refractivity contribution in [2.45, 2.75) is 25.4 Å². The van der Waals surface area contributed by atoms with Gasteiger partial charge in [-0.3, -0.25) is 4.79 Å². The fourth-order valence-electron chi connectivity index (χ4n) is 3.05. The number of nitrogens with zero attached hydrogens (tertiary/aromatic N) is 4. The van der Waals surface area contributed by atoms with Crippen LogP contribution in [0, 0.1) is 0 Å². The van der Waals surface area contributed by atoms with Crippen LogP contribution in [-0.2, 0) is 17.9 Å². The van der Waals surface area contributed by atoms with Gasteiger partial charge < -0.3 is 14.1 Å². The van der Waals surface area contributed by atoms with Crippen LogP contribution in [0.4, 0.5) is 0 Å². The molecule has 8 heteroatoms. The Balaban J connectivity index is 1.51. The van der Waals surface area contributed by atoms with Crippen LogP contribution in [0.15, 0.2) is 53.3 Å². The van der Waals surface area contributed by atoms with Gasteiger partial charge in [0.15, 0.2) is 0 Å². The Kier molecular flexibility index (Phi) is 5.15. The average Bonchev–Trinajstić information content (AvgIpc) is 3.41. The molecule has 0 N–H and O–H groups in total. The van der Waals surface area contributed by atoms with Crippen LogP contribution in [0.1, 0.15) is 29.3 Å². The molecule has 140 valence electrons. The molecule has 4 rings (SSSR count). The molecule has 2 aromatic heterocycles. The zero-order chi connectivity index (χ0) is 18.6. The van der Waals surface area contributed by atoms with E-state index in [0.29, 0.717) is 25.4 Å². The molecule has 3 heterocycles.